The van der Waals surface area contributed by atoms with Crippen LogP contribution in [0.25, 0.3) is 10.9 Å². The van der Waals surface area contributed by atoms with Gasteiger partial charge in [-0.25, -0.2) is 0 Å². The van der Waals surface area contributed by atoms with Crippen LogP contribution in [0.2, 0.25) is 0 Å². The van der Waals surface area contributed by atoms with Crippen molar-refractivity contribution in [3.63, 3.8) is 0 Å². The van der Waals surface area contributed by atoms with E-state index in [4.69, 9.17) is 0 Å². The number of carbonyl (C=O) groups excluding carboxylic acids is 1. The van der Waals surface area contributed by atoms with E-state index in [1.165, 1.54) is 11.8 Å². The highest BCUT2D eigenvalue weighted by molar-refractivity contribution is 8.00. The van der Waals surface area contributed by atoms with Crippen molar-refractivity contribution in [2.24, 2.45) is 0 Å². The third kappa shape index (κ3) is 2.71. The lowest BCUT2D eigenvalue weighted by atomic mass is 10.1. The zero-order chi connectivity index (χ0) is 16.5. The monoisotopic (exact) mass is 336 g/mol. The number of benzene rings is 2. The second kappa shape index (κ2) is 6.17. The van der Waals surface area contributed by atoms with E-state index >= 15 is 0 Å². The van der Waals surface area contributed by atoms with Crippen LogP contribution in [0.1, 0.15) is 16.5 Å². The summed E-state index contributed by atoms with van der Waals surface area (Å²) in [5.74, 6) is 0.477. The lowest BCUT2D eigenvalue weighted by Gasteiger charge is -2.24. The van der Waals surface area contributed by atoms with Gasteiger partial charge in [-0.3, -0.25) is 9.59 Å². The number of amides is 1. The molecule has 0 spiro atoms. The average Bonchev–Trinajstić information content (AvgIpc) is 2.96. The van der Waals surface area contributed by atoms with Gasteiger partial charge in [0.1, 0.15) is 5.37 Å². The molecule has 1 amide bonds. The normalized spacial score (nSPS) is 17.6. The Morgan fingerprint density at radius 2 is 1.79 bits per heavy atom. The molecule has 1 aliphatic rings. The van der Waals surface area contributed by atoms with E-state index in [0.29, 0.717) is 17.9 Å². The molecule has 24 heavy (non-hydrogen) atoms. The second-order valence-corrected chi connectivity index (χ2v) is 6.88. The summed E-state index contributed by atoms with van der Waals surface area (Å²) in [5, 5.41) is 0.734. The number of nitrogens with zero attached hydrogens (tertiary/aromatic N) is 1. The van der Waals surface area contributed by atoms with Crippen LogP contribution in [-0.2, 0) is 11.3 Å². The number of aromatic amines is 1. The minimum Gasteiger partial charge on any atom is -0.322 e. The molecule has 0 radical (unpaired) electrons. The van der Waals surface area contributed by atoms with Gasteiger partial charge in [-0.15, -0.1) is 11.8 Å². The SMILES string of the molecule is O=C1CSC(c2cc3ccccc3[nH]c2=O)N1Cc1ccccc1. The lowest BCUT2D eigenvalue weighted by molar-refractivity contribution is -0.128. The summed E-state index contributed by atoms with van der Waals surface area (Å²) in [6, 6.07) is 19.5. The predicted molar refractivity (Wildman–Crippen MR) is 96.8 cm³/mol. The number of H-pyrrole nitrogens is 1. The number of nitrogens with one attached hydrogen (secondary N) is 1. The highest BCUT2D eigenvalue weighted by atomic mass is 32.2. The van der Waals surface area contributed by atoms with E-state index in [-0.39, 0.29) is 16.8 Å². The largest absolute Gasteiger partial charge is 0.322 e. The van der Waals surface area contributed by atoms with Crippen molar-refractivity contribution in [2.45, 2.75) is 11.9 Å². The molecule has 0 bridgehead atoms. The van der Waals surface area contributed by atoms with Gasteiger partial charge in [0.05, 0.1) is 11.3 Å². The Bertz CT molecular complexity index is 952. The van der Waals surface area contributed by atoms with Crippen LogP contribution in [-0.4, -0.2) is 21.5 Å². The predicted octanol–water partition coefficient (Wildman–Crippen LogP) is 3.30. The molecule has 3 aromatic rings. The first-order valence-electron chi connectivity index (χ1n) is 7.79. The van der Waals surface area contributed by atoms with Gasteiger partial charge < -0.3 is 9.88 Å². The standard InChI is InChI=1S/C19H16N2O2S/c22-17-12-24-19(21(17)11-13-6-2-1-3-7-13)15-10-14-8-4-5-9-16(14)20-18(15)23/h1-10,19H,11-12H2,(H,20,23). The maximum atomic E-state index is 12.5. The smallest absolute Gasteiger partial charge is 0.254 e. The van der Waals surface area contributed by atoms with E-state index in [1.54, 1.807) is 4.90 Å². The number of pyridine rings is 1. The van der Waals surface area contributed by atoms with Crippen LogP contribution in [0.4, 0.5) is 0 Å². The first kappa shape index (κ1) is 15.0. The second-order valence-electron chi connectivity index (χ2n) is 5.81. The molecule has 2 aromatic carbocycles. The van der Waals surface area contributed by atoms with Gasteiger partial charge in [0, 0.05) is 12.1 Å². The molecule has 1 fully saturated rings. The average molecular weight is 336 g/mol. The van der Waals surface area contributed by atoms with Gasteiger partial charge in [0.15, 0.2) is 0 Å². The van der Waals surface area contributed by atoms with Crippen LogP contribution >= 0.6 is 11.8 Å². The van der Waals surface area contributed by atoms with Crippen LogP contribution < -0.4 is 5.56 Å². The van der Waals surface area contributed by atoms with Crippen LogP contribution in [0.3, 0.4) is 0 Å². The molecule has 120 valence electrons. The number of hydrogen-bond acceptors (Lipinski definition) is 3. The Morgan fingerprint density at radius 3 is 2.62 bits per heavy atom. The molecule has 1 atom stereocenters. The fraction of sp³-hybridized carbons (Fsp3) is 0.158. The van der Waals surface area contributed by atoms with Gasteiger partial charge in [0.25, 0.3) is 5.56 Å². The fourth-order valence-corrected chi connectivity index (χ4v) is 4.20. The van der Waals surface area contributed by atoms with Crippen molar-refractivity contribution in [2.75, 3.05) is 5.75 Å². The molecule has 5 heteroatoms. The molecule has 1 aliphatic heterocycles. The summed E-state index contributed by atoms with van der Waals surface area (Å²) in [4.78, 5) is 29.6. The summed E-state index contributed by atoms with van der Waals surface area (Å²) in [6.45, 7) is 0.517. The number of rotatable bonds is 3. The number of para-hydroxylation sites is 1. The molecule has 1 unspecified atom stereocenters. The van der Waals surface area contributed by atoms with Crippen molar-refractivity contribution >= 4 is 28.6 Å². The molecule has 1 N–H and O–H groups in total. The third-order valence-electron chi connectivity index (χ3n) is 4.21. The van der Waals surface area contributed by atoms with E-state index in [9.17, 15) is 9.59 Å². The molecule has 2 heterocycles. The third-order valence-corrected chi connectivity index (χ3v) is 5.45. The molecule has 1 saturated heterocycles. The van der Waals surface area contributed by atoms with Crippen LogP contribution in [0.5, 0.6) is 0 Å². The highest BCUT2D eigenvalue weighted by Crippen LogP contribution is 2.38. The van der Waals surface area contributed by atoms with Gasteiger partial charge in [0.2, 0.25) is 5.91 Å². The van der Waals surface area contributed by atoms with Gasteiger partial charge in [-0.05, 0) is 23.1 Å². The lowest BCUT2D eigenvalue weighted by Crippen LogP contribution is -2.30. The Kier molecular flexibility index (Phi) is 3.86. The van der Waals surface area contributed by atoms with E-state index < -0.39 is 0 Å². The summed E-state index contributed by atoms with van der Waals surface area (Å²) >= 11 is 1.51. The van der Waals surface area contributed by atoms with Gasteiger partial charge in [-0.2, -0.15) is 0 Å². The number of carbonyl (C=O) groups is 1. The quantitative estimate of drug-likeness (QED) is 0.798. The maximum absolute atomic E-state index is 12.5. The minimum absolute atomic E-state index is 0.0708. The van der Waals surface area contributed by atoms with Crippen molar-refractivity contribution in [1.29, 1.82) is 0 Å². The fourth-order valence-electron chi connectivity index (χ4n) is 3.01. The summed E-state index contributed by atoms with van der Waals surface area (Å²) < 4.78 is 0. The number of fused-ring (bicyclic) bond motifs is 1. The van der Waals surface area contributed by atoms with E-state index in [2.05, 4.69) is 4.98 Å². The number of hydrogen-bond donors (Lipinski definition) is 1. The Balaban J connectivity index is 1.73. The highest BCUT2D eigenvalue weighted by Gasteiger charge is 2.34. The molecule has 0 aliphatic carbocycles. The van der Waals surface area contributed by atoms with E-state index in [0.717, 1.165) is 16.5 Å². The zero-order valence-corrected chi connectivity index (χ0v) is 13.8. The number of thioether (sulfide) groups is 1. The van der Waals surface area contributed by atoms with Gasteiger partial charge >= 0.3 is 0 Å². The zero-order valence-electron chi connectivity index (χ0n) is 12.9. The molecule has 4 rings (SSSR count). The summed E-state index contributed by atoms with van der Waals surface area (Å²) in [6.07, 6.45) is 0. The van der Waals surface area contributed by atoms with Gasteiger partial charge in [-0.1, -0.05) is 48.5 Å². The summed E-state index contributed by atoms with van der Waals surface area (Å²) in [7, 11) is 0. The van der Waals surface area contributed by atoms with E-state index in [1.807, 2.05) is 60.7 Å². The van der Waals surface area contributed by atoms with Crippen molar-refractivity contribution in [3.05, 3.63) is 82.1 Å². The van der Waals surface area contributed by atoms with Crippen LogP contribution in [0.15, 0.2) is 65.5 Å². The van der Waals surface area contributed by atoms with Crippen molar-refractivity contribution in [1.82, 2.24) is 9.88 Å². The molecule has 4 nitrogen and oxygen atoms in total. The number of aromatic nitrogens is 1. The van der Waals surface area contributed by atoms with Crippen molar-refractivity contribution < 1.29 is 4.79 Å². The summed E-state index contributed by atoms with van der Waals surface area (Å²) in [5.41, 5.74) is 2.39. The Morgan fingerprint density at radius 1 is 1.04 bits per heavy atom. The van der Waals surface area contributed by atoms with Crippen LogP contribution in [0, 0.1) is 0 Å². The molecular weight excluding hydrogens is 320 g/mol. The minimum atomic E-state index is -0.244. The first-order valence-corrected chi connectivity index (χ1v) is 8.84. The van der Waals surface area contributed by atoms with Crippen molar-refractivity contribution in [3.8, 4) is 0 Å². The first-order chi connectivity index (χ1) is 11.7. The molecular formula is C19H16N2O2S. The maximum Gasteiger partial charge on any atom is 0.254 e. The Hall–Kier alpha value is -2.53. The Labute approximate surface area is 143 Å². The molecule has 0 saturated carbocycles. The topological polar surface area (TPSA) is 53.2 Å². The molecule has 1 aromatic heterocycles.